The molecule has 6 nitrogen and oxygen atoms in total. The van der Waals surface area contributed by atoms with E-state index in [4.69, 9.17) is 14.9 Å². The van der Waals surface area contributed by atoms with Crippen molar-refractivity contribution in [1.82, 2.24) is 0 Å². The predicted octanol–water partition coefficient (Wildman–Crippen LogP) is 4.48. The minimum absolute atomic E-state index is 0.266. The van der Waals surface area contributed by atoms with Crippen molar-refractivity contribution < 1.29 is 9.47 Å². The number of aryl methyl sites for hydroxylation is 1. The fourth-order valence-corrected chi connectivity index (χ4v) is 5.90. The normalized spacial score (nSPS) is 35.9. The Morgan fingerprint density at radius 2 is 1.83 bits per heavy atom. The van der Waals surface area contributed by atoms with Gasteiger partial charge in [0.15, 0.2) is 10.8 Å². The van der Waals surface area contributed by atoms with Gasteiger partial charge in [0.1, 0.15) is 0 Å². The van der Waals surface area contributed by atoms with Gasteiger partial charge in [-0.1, -0.05) is 50.1 Å². The van der Waals surface area contributed by atoms with E-state index in [0.717, 1.165) is 24.8 Å². The van der Waals surface area contributed by atoms with Gasteiger partial charge in [-0.05, 0) is 37.2 Å². The van der Waals surface area contributed by atoms with E-state index in [1.54, 1.807) is 0 Å². The van der Waals surface area contributed by atoms with Crippen LogP contribution in [0.4, 0.5) is 0 Å². The van der Waals surface area contributed by atoms with Crippen LogP contribution in [0.1, 0.15) is 51.0 Å². The molecule has 0 radical (unpaired) electrons. The van der Waals surface area contributed by atoms with Gasteiger partial charge in [-0.15, -0.1) is 0 Å². The van der Waals surface area contributed by atoms with E-state index in [2.05, 4.69) is 25.1 Å². The Hall–Kier alpha value is -2.88. The number of nitriles is 3. The molecule has 5 unspecified atom stereocenters. The highest BCUT2D eigenvalue weighted by atomic mass is 16.7. The maximum absolute atomic E-state index is 10.4. The Morgan fingerprint density at radius 3 is 2.47 bits per heavy atom. The van der Waals surface area contributed by atoms with Crippen molar-refractivity contribution in [2.75, 3.05) is 0 Å². The first-order chi connectivity index (χ1) is 14.5. The predicted molar refractivity (Wildman–Crippen MR) is 109 cm³/mol. The van der Waals surface area contributed by atoms with Crippen molar-refractivity contribution in [3.8, 4) is 18.2 Å². The smallest absolute Gasteiger partial charge is 0.217 e. The number of ether oxygens (including phenoxy) is 2. The molecule has 0 spiro atoms. The standard InChI is InChI=1S/C24H26N4O2/c1-2-6-18-11-12-24-19(13-18)23(16-27,21(28)30-24)22(14-25,15-26)20(29-24)10-9-17-7-4-3-5-8-17/h3-5,7-8,18-20,28H,2,6,9-13H2,1H3. The van der Waals surface area contributed by atoms with E-state index >= 15 is 0 Å². The van der Waals surface area contributed by atoms with Gasteiger partial charge in [-0.25, -0.2) is 0 Å². The zero-order chi connectivity index (χ0) is 21.4. The maximum atomic E-state index is 10.4. The molecule has 1 saturated carbocycles. The molecular formula is C24H26N4O2. The van der Waals surface area contributed by atoms with Crippen LogP contribution in [0.3, 0.4) is 0 Å². The highest BCUT2D eigenvalue weighted by Crippen LogP contribution is 2.67. The van der Waals surface area contributed by atoms with Crippen LogP contribution in [0.2, 0.25) is 0 Å². The molecule has 4 rings (SSSR count). The lowest BCUT2D eigenvalue weighted by Crippen LogP contribution is -2.64. The molecule has 0 aromatic heterocycles. The van der Waals surface area contributed by atoms with Crippen molar-refractivity contribution in [1.29, 1.82) is 21.2 Å². The van der Waals surface area contributed by atoms with E-state index in [1.807, 2.05) is 30.3 Å². The molecule has 3 fully saturated rings. The first-order valence-electron chi connectivity index (χ1n) is 10.8. The van der Waals surface area contributed by atoms with Crippen LogP contribution in [0.5, 0.6) is 0 Å². The molecule has 2 saturated heterocycles. The summed E-state index contributed by atoms with van der Waals surface area (Å²) in [6, 6.07) is 16.4. The zero-order valence-corrected chi connectivity index (χ0v) is 17.2. The van der Waals surface area contributed by atoms with Crippen LogP contribution < -0.4 is 0 Å². The van der Waals surface area contributed by atoms with E-state index in [0.29, 0.717) is 31.6 Å². The molecule has 154 valence electrons. The molecule has 2 bridgehead atoms. The molecule has 1 aromatic carbocycles. The van der Waals surface area contributed by atoms with E-state index in [-0.39, 0.29) is 5.90 Å². The Bertz CT molecular complexity index is 942. The van der Waals surface area contributed by atoms with Gasteiger partial charge in [0.05, 0.1) is 30.2 Å². The monoisotopic (exact) mass is 402 g/mol. The highest BCUT2D eigenvalue weighted by molar-refractivity contribution is 5.89. The third kappa shape index (κ3) is 2.59. The number of hydrogen-bond acceptors (Lipinski definition) is 6. The molecule has 3 aliphatic rings. The Kier molecular flexibility index (Phi) is 5.05. The third-order valence-corrected chi connectivity index (χ3v) is 7.37. The lowest BCUT2D eigenvalue weighted by molar-refractivity contribution is -0.297. The highest BCUT2D eigenvalue weighted by Gasteiger charge is 2.80. The lowest BCUT2D eigenvalue weighted by atomic mass is 9.50. The second-order valence-corrected chi connectivity index (χ2v) is 8.81. The van der Waals surface area contributed by atoms with Crippen molar-refractivity contribution in [3.05, 3.63) is 35.9 Å². The van der Waals surface area contributed by atoms with Gasteiger partial charge >= 0.3 is 0 Å². The minimum Gasteiger partial charge on any atom is -0.447 e. The SMILES string of the molecule is CCCC1CCC23OC(=N)C(C#N)(C2C1)C(C#N)(C#N)C(CCc1ccccc1)O3. The number of benzene rings is 1. The Balaban J connectivity index is 1.76. The van der Waals surface area contributed by atoms with Gasteiger partial charge in [0.2, 0.25) is 11.7 Å². The van der Waals surface area contributed by atoms with Crippen LogP contribution in [0, 0.1) is 62.1 Å². The quantitative estimate of drug-likeness (QED) is 0.780. The summed E-state index contributed by atoms with van der Waals surface area (Å²) in [4.78, 5) is 0. The zero-order valence-electron chi connectivity index (χ0n) is 17.2. The largest absolute Gasteiger partial charge is 0.447 e. The number of rotatable bonds is 5. The summed E-state index contributed by atoms with van der Waals surface area (Å²) in [6.45, 7) is 2.13. The molecule has 6 heteroatoms. The molecule has 1 N–H and O–H groups in total. The minimum atomic E-state index is -1.77. The summed E-state index contributed by atoms with van der Waals surface area (Å²) in [6.07, 6.45) is 4.41. The van der Waals surface area contributed by atoms with Crippen LogP contribution in [0.15, 0.2) is 30.3 Å². The Morgan fingerprint density at radius 1 is 1.10 bits per heavy atom. The molecule has 2 aliphatic heterocycles. The first-order valence-corrected chi connectivity index (χ1v) is 10.8. The van der Waals surface area contributed by atoms with Gasteiger partial charge in [-0.3, -0.25) is 5.41 Å². The third-order valence-electron chi connectivity index (χ3n) is 7.37. The lowest BCUT2D eigenvalue weighted by Gasteiger charge is -2.52. The fraction of sp³-hybridized carbons (Fsp3) is 0.583. The summed E-state index contributed by atoms with van der Waals surface area (Å²) < 4.78 is 12.4. The van der Waals surface area contributed by atoms with Gasteiger partial charge in [-0.2, -0.15) is 15.8 Å². The molecule has 30 heavy (non-hydrogen) atoms. The van der Waals surface area contributed by atoms with Gasteiger partial charge < -0.3 is 9.47 Å². The van der Waals surface area contributed by atoms with E-state index in [1.165, 1.54) is 0 Å². The Labute approximate surface area is 177 Å². The maximum Gasteiger partial charge on any atom is 0.217 e. The summed E-state index contributed by atoms with van der Waals surface area (Å²) in [5.41, 5.74) is -2.29. The first kappa shape index (κ1) is 20.4. The average Bonchev–Trinajstić information content (AvgIpc) is 2.97. The molecule has 0 amide bonds. The van der Waals surface area contributed by atoms with Crippen LogP contribution in [-0.4, -0.2) is 17.8 Å². The summed E-state index contributed by atoms with van der Waals surface area (Å²) in [7, 11) is 0. The van der Waals surface area contributed by atoms with E-state index in [9.17, 15) is 15.8 Å². The van der Waals surface area contributed by atoms with Crippen molar-refractivity contribution in [2.24, 2.45) is 22.7 Å². The van der Waals surface area contributed by atoms with Gasteiger partial charge in [0.25, 0.3) is 0 Å². The van der Waals surface area contributed by atoms with Crippen LogP contribution in [-0.2, 0) is 15.9 Å². The van der Waals surface area contributed by atoms with Crippen molar-refractivity contribution in [3.63, 3.8) is 0 Å². The molecule has 2 heterocycles. The fourth-order valence-electron chi connectivity index (χ4n) is 5.90. The van der Waals surface area contributed by atoms with Crippen LogP contribution >= 0.6 is 0 Å². The van der Waals surface area contributed by atoms with E-state index < -0.39 is 28.6 Å². The molecule has 1 aliphatic carbocycles. The summed E-state index contributed by atoms with van der Waals surface area (Å²) >= 11 is 0. The molecular weight excluding hydrogens is 376 g/mol. The average molecular weight is 402 g/mol. The van der Waals surface area contributed by atoms with Crippen molar-refractivity contribution >= 4 is 5.90 Å². The summed E-state index contributed by atoms with van der Waals surface area (Å²) in [5, 5.41) is 39.5. The molecule has 5 atom stereocenters. The number of hydrogen-bond donors (Lipinski definition) is 1. The number of nitrogens with zero attached hydrogens (tertiary/aromatic N) is 3. The van der Waals surface area contributed by atoms with Crippen molar-refractivity contribution in [2.45, 2.75) is 63.8 Å². The second-order valence-electron chi connectivity index (χ2n) is 8.81. The number of nitrogens with one attached hydrogen (secondary N) is 1. The summed E-state index contributed by atoms with van der Waals surface area (Å²) in [5.74, 6) is -1.43. The van der Waals surface area contributed by atoms with Crippen LogP contribution in [0.25, 0.3) is 0 Å². The van der Waals surface area contributed by atoms with Gasteiger partial charge in [0, 0.05) is 6.42 Å². The topological polar surface area (TPSA) is 114 Å². The second kappa shape index (κ2) is 7.42. The molecule has 1 aromatic rings.